The molecule has 4 aliphatic rings. The van der Waals surface area contributed by atoms with Crippen LogP contribution in [0.1, 0.15) is 70.6 Å². The molecule has 0 spiro atoms. The first-order valence-electron chi connectivity index (χ1n) is 9.39. The van der Waals surface area contributed by atoms with Gasteiger partial charge in [-0.15, -0.1) is 0 Å². The van der Waals surface area contributed by atoms with E-state index < -0.39 is 0 Å². The zero-order valence-corrected chi connectivity index (χ0v) is 13.2. The van der Waals surface area contributed by atoms with E-state index in [9.17, 15) is 4.79 Å². The molecular formula is C18H30N2O. The van der Waals surface area contributed by atoms with E-state index in [1.165, 1.54) is 64.2 Å². The first kappa shape index (κ1) is 14.0. The van der Waals surface area contributed by atoms with E-state index in [0.717, 1.165) is 24.8 Å². The molecule has 4 unspecified atom stereocenters. The van der Waals surface area contributed by atoms with Gasteiger partial charge in [-0.3, -0.25) is 4.79 Å². The van der Waals surface area contributed by atoms with Gasteiger partial charge in [0.15, 0.2) is 0 Å². The Hall–Kier alpha value is -0.570. The van der Waals surface area contributed by atoms with E-state index in [4.69, 9.17) is 0 Å². The first-order chi connectivity index (χ1) is 10.3. The Labute approximate surface area is 128 Å². The summed E-state index contributed by atoms with van der Waals surface area (Å²) in [6.45, 7) is 1.02. The second-order valence-corrected chi connectivity index (χ2v) is 7.89. The lowest BCUT2D eigenvalue weighted by molar-refractivity contribution is -0.134. The standard InChI is InChI=1S/C18H30N2O/c21-18(16-12-14-8-3-4-9-15(14)19-16)20-11-5-10-17(20)13-6-1-2-7-13/h13-17,19H,1-12H2. The van der Waals surface area contributed by atoms with Crippen LogP contribution in [0.5, 0.6) is 0 Å². The summed E-state index contributed by atoms with van der Waals surface area (Å²) < 4.78 is 0. The zero-order valence-electron chi connectivity index (χ0n) is 13.2. The minimum absolute atomic E-state index is 0.139. The molecule has 0 aromatic rings. The summed E-state index contributed by atoms with van der Waals surface area (Å²) in [6, 6.07) is 1.35. The van der Waals surface area contributed by atoms with Crippen LogP contribution >= 0.6 is 0 Å². The first-order valence-corrected chi connectivity index (χ1v) is 9.39. The van der Waals surface area contributed by atoms with Crippen molar-refractivity contribution in [1.82, 2.24) is 10.2 Å². The van der Waals surface area contributed by atoms with Gasteiger partial charge >= 0.3 is 0 Å². The van der Waals surface area contributed by atoms with E-state index in [-0.39, 0.29) is 6.04 Å². The molecule has 0 radical (unpaired) electrons. The van der Waals surface area contributed by atoms with Gasteiger partial charge in [-0.2, -0.15) is 0 Å². The van der Waals surface area contributed by atoms with Gasteiger partial charge in [0, 0.05) is 18.6 Å². The molecule has 0 aromatic heterocycles. The Morgan fingerprint density at radius 1 is 0.857 bits per heavy atom. The van der Waals surface area contributed by atoms with Crippen LogP contribution in [0.4, 0.5) is 0 Å². The molecule has 2 aliphatic heterocycles. The van der Waals surface area contributed by atoms with Crippen LogP contribution in [0.15, 0.2) is 0 Å². The molecule has 2 saturated heterocycles. The molecule has 118 valence electrons. The largest absolute Gasteiger partial charge is 0.338 e. The third-order valence-corrected chi connectivity index (χ3v) is 6.69. The third kappa shape index (κ3) is 2.62. The summed E-state index contributed by atoms with van der Waals surface area (Å²) >= 11 is 0. The van der Waals surface area contributed by atoms with Crippen LogP contribution in [-0.2, 0) is 4.79 Å². The minimum atomic E-state index is 0.139. The maximum atomic E-state index is 13.0. The molecule has 21 heavy (non-hydrogen) atoms. The van der Waals surface area contributed by atoms with Crippen LogP contribution in [0.25, 0.3) is 0 Å². The van der Waals surface area contributed by atoms with Crippen molar-refractivity contribution in [3.05, 3.63) is 0 Å². The molecule has 1 N–H and O–H groups in total. The molecule has 3 heteroatoms. The Morgan fingerprint density at radius 3 is 2.33 bits per heavy atom. The highest BCUT2D eigenvalue weighted by atomic mass is 16.2. The van der Waals surface area contributed by atoms with Gasteiger partial charge < -0.3 is 10.2 Å². The normalized spacial score (nSPS) is 40.7. The molecule has 2 heterocycles. The molecule has 0 aromatic carbocycles. The summed E-state index contributed by atoms with van der Waals surface area (Å²) in [5, 5.41) is 3.69. The number of amides is 1. The van der Waals surface area contributed by atoms with Gasteiger partial charge in [-0.1, -0.05) is 25.7 Å². The molecule has 4 fully saturated rings. The highest BCUT2D eigenvalue weighted by Gasteiger charge is 2.43. The van der Waals surface area contributed by atoms with E-state index in [1.807, 2.05) is 0 Å². The van der Waals surface area contributed by atoms with Crippen molar-refractivity contribution in [1.29, 1.82) is 0 Å². The predicted molar refractivity (Wildman–Crippen MR) is 84.0 cm³/mol. The number of likely N-dealkylation sites (tertiary alicyclic amines) is 1. The van der Waals surface area contributed by atoms with Crippen molar-refractivity contribution in [2.75, 3.05) is 6.54 Å². The molecule has 4 rings (SSSR count). The maximum absolute atomic E-state index is 13.0. The van der Waals surface area contributed by atoms with E-state index in [2.05, 4.69) is 10.2 Å². The second-order valence-electron chi connectivity index (χ2n) is 7.89. The number of nitrogens with zero attached hydrogens (tertiary/aromatic N) is 1. The second kappa shape index (κ2) is 5.91. The van der Waals surface area contributed by atoms with Crippen LogP contribution in [0.3, 0.4) is 0 Å². The number of carbonyl (C=O) groups is 1. The molecule has 4 atom stereocenters. The Balaban J connectivity index is 1.42. The Bertz CT molecular complexity index is 377. The lowest BCUT2D eigenvalue weighted by atomic mass is 9.85. The fraction of sp³-hybridized carbons (Fsp3) is 0.944. The number of fused-ring (bicyclic) bond motifs is 1. The predicted octanol–water partition coefficient (Wildman–Crippen LogP) is 3.09. The number of hydrogen-bond acceptors (Lipinski definition) is 2. The van der Waals surface area contributed by atoms with Crippen molar-refractivity contribution in [2.45, 2.75) is 88.8 Å². The van der Waals surface area contributed by atoms with Gasteiger partial charge in [0.05, 0.1) is 6.04 Å². The molecule has 2 saturated carbocycles. The molecule has 2 aliphatic carbocycles. The maximum Gasteiger partial charge on any atom is 0.239 e. The van der Waals surface area contributed by atoms with Gasteiger partial charge in [0.2, 0.25) is 5.91 Å². The SMILES string of the molecule is O=C(C1CC2CCCCC2N1)N1CCCC1C1CCCC1. The summed E-state index contributed by atoms with van der Waals surface area (Å²) in [4.78, 5) is 15.3. The topological polar surface area (TPSA) is 32.3 Å². The lowest BCUT2D eigenvalue weighted by Crippen LogP contribution is -2.48. The van der Waals surface area contributed by atoms with E-state index in [0.29, 0.717) is 18.0 Å². The van der Waals surface area contributed by atoms with Crippen molar-refractivity contribution < 1.29 is 4.79 Å². The van der Waals surface area contributed by atoms with Gasteiger partial charge in [-0.25, -0.2) is 0 Å². The molecule has 3 nitrogen and oxygen atoms in total. The number of nitrogens with one attached hydrogen (secondary N) is 1. The number of carbonyl (C=O) groups excluding carboxylic acids is 1. The fourth-order valence-electron chi connectivity index (χ4n) is 5.61. The summed E-state index contributed by atoms with van der Waals surface area (Å²) in [7, 11) is 0. The summed E-state index contributed by atoms with van der Waals surface area (Å²) in [5.41, 5.74) is 0. The molecule has 0 bridgehead atoms. The van der Waals surface area contributed by atoms with Crippen molar-refractivity contribution in [3.63, 3.8) is 0 Å². The van der Waals surface area contributed by atoms with Crippen LogP contribution < -0.4 is 5.32 Å². The summed E-state index contributed by atoms with van der Waals surface area (Å²) in [6.07, 6.45) is 14.4. The van der Waals surface area contributed by atoms with Crippen molar-refractivity contribution >= 4 is 5.91 Å². The van der Waals surface area contributed by atoms with Crippen molar-refractivity contribution in [3.8, 4) is 0 Å². The quantitative estimate of drug-likeness (QED) is 0.847. The molecule has 1 amide bonds. The van der Waals surface area contributed by atoms with Gasteiger partial charge in [0.1, 0.15) is 0 Å². The minimum Gasteiger partial charge on any atom is -0.338 e. The van der Waals surface area contributed by atoms with Crippen LogP contribution in [-0.4, -0.2) is 35.5 Å². The van der Waals surface area contributed by atoms with Crippen molar-refractivity contribution in [2.24, 2.45) is 11.8 Å². The lowest BCUT2D eigenvalue weighted by Gasteiger charge is -2.31. The Morgan fingerprint density at radius 2 is 1.57 bits per heavy atom. The zero-order chi connectivity index (χ0) is 14.2. The number of hydrogen-bond donors (Lipinski definition) is 1. The van der Waals surface area contributed by atoms with Gasteiger partial charge in [0.25, 0.3) is 0 Å². The van der Waals surface area contributed by atoms with Crippen LogP contribution in [0.2, 0.25) is 0 Å². The number of rotatable bonds is 2. The monoisotopic (exact) mass is 290 g/mol. The fourth-order valence-corrected chi connectivity index (χ4v) is 5.61. The third-order valence-electron chi connectivity index (χ3n) is 6.69. The van der Waals surface area contributed by atoms with Gasteiger partial charge in [-0.05, 0) is 56.8 Å². The molecular weight excluding hydrogens is 260 g/mol. The van der Waals surface area contributed by atoms with E-state index >= 15 is 0 Å². The highest BCUT2D eigenvalue weighted by Crippen LogP contribution is 2.38. The Kier molecular flexibility index (Phi) is 3.95. The highest BCUT2D eigenvalue weighted by molar-refractivity contribution is 5.83. The summed E-state index contributed by atoms with van der Waals surface area (Å²) in [5.74, 6) is 2.03. The smallest absolute Gasteiger partial charge is 0.239 e. The average Bonchev–Trinajstić information content (AvgIpc) is 3.23. The van der Waals surface area contributed by atoms with E-state index in [1.54, 1.807) is 0 Å². The van der Waals surface area contributed by atoms with Crippen LogP contribution in [0, 0.1) is 11.8 Å². The average molecular weight is 290 g/mol.